The van der Waals surface area contributed by atoms with Crippen molar-refractivity contribution in [2.45, 2.75) is 0 Å². The number of anilines is 2. The van der Waals surface area contributed by atoms with Crippen LogP contribution in [0.25, 0.3) is 0 Å². The summed E-state index contributed by atoms with van der Waals surface area (Å²) in [6, 6.07) is 5.77. The number of nitrogens with two attached hydrogens (primary N) is 2. The van der Waals surface area contributed by atoms with Crippen LogP contribution in [0, 0.1) is 11.6 Å². The monoisotopic (exact) mass is 237 g/mol. The molecule has 0 aliphatic rings. The summed E-state index contributed by atoms with van der Waals surface area (Å²) in [5.74, 6) is -1.26. The summed E-state index contributed by atoms with van der Waals surface area (Å²) in [6.07, 6.45) is 0. The molecule has 0 radical (unpaired) electrons. The largest absolute Gasteiger partial charge is 0.439 e. The average Bonchev–Trinajstić information content (AvgIpc) is 2.22. The lowest BCUT2D eigenvalue weighted by molar-refractivity contribution is 0.452. The number of aromatic nitrogens is 1. The van der Waals surface area contributed by atoms with E-state index in [1.54, 1.807) is 0 Å². The number of ether oxygens (including phenoxy) is 1. The van der Waals surface area contributed by atoms with Crippen LogP contribution >= 0.6 is 0 Å². The number of nitrogens with zero attached hydrogens (tertiary/aromatic N) is 1. The van der Waals surface area contributed by atoms with Gasteiger partial charge in [-0.2, -0.15) is 4.98 Å². The van der Waals surface area contributed by atoms with E-state index in [1.165, 1.54) is 12.1 Å². The fourth-order valence-electron chi connectivity index (χ4n) is 1.23. The van der Waals surface area contributed by atoms with E-state index < -0.39 is 11.6 Å². The molecule has 1 aromatic heterocycles. The standard InChI is InChI=1S/C11H9F2N3O/c12-6-3-7(13)5-8(4-6)17-10-2-1-9(14)11(15)16-10/h1-5H,14H2,(H2,15,16). The van der Waals surface area contributed by atoms with Crippen molar-refractivity contribution < 1.29 is 13.5 Å². The highest BCUT2D eigenvalue weighted by Gasteiger charge is 2.05. The van der Waals surface area contributed by atoms with Crippen LogP contribution in [0.2, 0.25) is 0 Å². The summed E-state index contributed by atoms with van der Waals surface area (Å²) in [4.78, 5) is 3.81. The van der Waals surface area contributed by atoms with E-state index in [0.29, 0.717) is 5.69 Å². The Morgan fingerprint density at radius 2 is 1.65 bits per heavy atom. The summed E-state index contributed by atoms with van der Waals surface area (Å²) in [6.45, 7) is 0. The second-order valence-corrected chi connectivity index (χ2v) is 3.33. The number of nitrogen functional groups attached to an aromatic ring is 2. The van der Waals surface area contributed by atoms with Crippen LogP contribution in [0.15, 0.2) is 30.3 Å². The molecule has 2 aromatic rings. The van der Waals surface area contributed by atoms with Gasteiger partial charge in [0.15, 0.2) is 5.82 Å². The van der Waals surface area contributed by atoms with Crippen molar-refractivity contribution in [1.82, 2.24) is 4.98 Å². The molecule has 1 aromatic carbocycles. The Labute approximate surface area is 95.8 Å². The van der Waals surface area contributed by atoms with Crippen molar-refractivity contribution in [2.75, 3.05) is 11.5 Å². The SMILES string of the molecule is Nc1ccc(Oc2cc(F)cc(F)c2)nc1N. The molecule has 0 unspecified atom stereocenters. The molecule has 0 amide bonds. The minimum Gasteiger partial charge on any atom is -0.439 e. The fourth-order valence-corrected chi connectivity index (χ4v) is 1.23. The zero-order chi connectivity index (χ0) is 12.4. The third-order valence-corrected chi connectivity index (χ3v) is 1.99. The van der Waals surface area contributed by atoms with Crippen LogP contribution in [-0.2, 0) is 0 Å². The number of pyridine rings is 1. The van der Waals surface area contributed by atoms with Gasteiger partial charge in [0.1, 0.15) is 17.4 Å². The van der Waals surface area contributed by atoms with Gasteiger partial charge < -0.3 is 16.2 Å². The Morgan fingerprint density at radius 1 is 1.00 bits per heavy atom. The van der Waals surface area contributed by atoms with E-state index in [9.17, 15) is 8.78 Å². The predicted octanol–water partition coefficient (Wildman–Crippen LogP) is 2.32. The molecule has 17 heavy (non-hydrogen) atoms. The normalized spacial score (nSPS) is 10.2. The van der Waals surface area contributed by atoms with Gasteiger partial charge in [-0.05, 0) is 6.07 Å². The van der Waals surface area contributed by atoms with Gasteiger partial charge in [0.2, 0.25) is 5.88 Å². The molecule has 0 saturated carbocycles. The lowest BCUT2D eigenvalue weighted by Crippen LogP contribution is -1.99. The van der Waals surface area contributed by atoms with E-state index >= 15 is 0 Å². The molecule has 0 spiro atoms. The predicted molar refractivity (Wildman–Crippen MR) is 59.5 cm³/mol. The molecular formula is C11H9F2N3O. The Balaban J connectivity index is 2.28. The van der Waals surface area contributed by atoms with Crippen molar-refractivity contribution >= 4 is 11.5 Å². The van der Waals surface area contributed by atoms with E-state index in [2.05, 4.69) is 4.98 Å². The van der Waals surface area contributed by atoms with E-state index in [0.717, 1.165) is 18.2 Å². The van der Waals surface area contributed by atoms with Crippen molar-refractivity contribution in [3.63, 3.8) is 0 Å². The first-order chi connectivity index (χ1) is 8.04. The molecule has 0 bridgehead atoms. The van der Waals surface area contributed by atoms with Crippen LogP contribution in [-0.4, -0.2) is 4.98 Å². The molecule has 0 aliphatic carbocycles. The lowest BCUT2D eigenvalue weighted by atomic mass is 10.3. The number of rotatable bonds is 2. The second kappa shape index (κ2) is 4.25. The molecule has 0 atom stereocenters. The first kappa shape index (κ1) is 11.1. The van der Waals surface area contributed by atoms with Gasteiger partial charge in [0.05, 0.1) is 5.69 Å². The van der Waals surface area contributed by atoms with Gasteiger partial charge in [-0.15, -0.1) is 0 Å². The zero-order valence-corrected chi connectivity index (χ0v) is 8.65. The quantitative estimate of drug-likeness (QED) is 0.840. The maximum absolute atomic E-state index is 12.9. The smallest absolute Gasteiger partial charge is 0.221 e. The second-order valence-electron chi connectivity index (χ2n) is 3.33. The molecule has 1 heterocycles. The van der Waals surface area contributed by atoms with Gasteiger partial charge in [-0.1, -0.05) is 0 Å². The average molecular weight is 237 g/mol. The lowest BCUT2D eigenvalue weighted by Gasteiger charge is -2.06. The maximum atomic E-state index is 12.9. The summed E-state index contributed by atoms with van der Waals surface area (Å²) >= 11 is 0. The van der Waals surface area contributed by atoms with Gasteiger partial charge >= 0.3 is 0 Å². The summed E-state index contributed by atoms with van der Waals surface area (Å²) in [5.41, 5.74) is 11.2. The first-order valence-corrected chi connectivity index (χ1v) is 4.70. The number of hydrogen-bond donors (Lipinski definition) is 2. The fraction of sp³-hybridized carbons (Fsp3) is 0. The van der Waals surface area contributed by atoms with Crippen LogP contribution in [0.4, 0.5) is 20.3 Å². The van der Waals surface area contributed by atoms with Crippen molar-refractivity contribution in [1.29, 1.82) is 0 Å². The molecular weight excluding hydrogens is 228 g/mol. The molecule has 0 fully saturated rings. The number of benzene rings is 1. The minimum atomic E-state index is -0.733. The van der Waals surface area contributed by atoms with Crippen LogP contribution in [0.3, 0.4) is 0 Å². The summed E-state index contributed by atoms with van der Waals surface area (Å²) < 4.78 is 30.9. The van der Waals surface area contributed by atoms with Crippen molar-refractivity contribution in [3.05, 3.63) is 42.0 Å². The topological polar surface area (TPSA) is 74.2 Å². The third kappa shape index (κ3) is 2.60. The highest BCUT2D eigenvalue weighted by Crippen LogP contribution is 2.24. The molecule has 4 N–H and O–H groups in total. The zero-order valence-electron chi connectivity index (χ0n) is 8.65. The Hall–Kier alpha value is -2.37. The van der Waals surface area contributed by atoms with E-state index in [1.807, 2.05) is 0 Å². The van der Waals surface area contributed by atoms with Gasteiger partial charge in [-0.25, -0.2) is 8.78 Å². The number of hydrogen-bond acceptors (Lipinski definition) is 4. The number of halogens is 2. The van der Waals surface area contributed by atoms with Crippen molar-refractivity contribution in [3.8, 4) is 11.6 Å². The molecule has 4 nitrogen and oxygen atoms in total. The highest BCUT2D eigenvalue weighted by atomic mass is 19.1. The highest BCUT2D eigenvalue weighted by molar-refractivity contribution is 5.58. The van der Waals surface area contributed by atoms with Crippen LogP contribution < -0.4 is 16.2 Å². The minimum absolute atomic E-state index is 0.000767. The van der Waals surface area contributed by atoms with Gasteiger partial charge in [-0.3, -0.25) is 0 Å². The Morgan fingerprint density at radius 3 is 2.24 bits per heavy atom. The summed E-state index contributed by atoms with van der Waals surface area (Å²) in [7, 11) is 0. The molecule has 6 heteroatoms. The van der Waals surface area contributed by atoms with Gasteiger partial charge in [0, 0.05) is 24.3 Å². The van der Waals surface area contributed by atoms with E-state index in [-0.39, 0.29) is 17.4 Å². The maximum Gasteiger partial charge on any atom is 0.221 e. The molecule has 2 rings (SSSR count). The molecule has 0 aliphatic heterocycles. The van der Waals surface area contributed by atoms with Crippen molar-refractivity contribution in [2.24, 2.45) is 0 Å². The van der Waals surface area contributed by atoms with Gasteiger partial charge in [0.25, 0.3) is 0 Å². The van der Waals surface area contributed by atoms with E-state index in [4.69, 9.17) is 16.2 Å². The van der Waals surface area contributed by atoms with Crippen LogP contribution in [0.5, 0.6) is 11.6 Å². The third-order valence-electron chi connectivity index (χ3n) is 1.99. The Kier molecular flexibility index (Phi) is 2.78. The van der Waals surface area contributed by atoms with Crippen LogP contribution in [0.1, 0.15) is 0 Å². The molecule has 0 saturated heterocycles. The summed E-state index contributed by atoms with van der Waals surface area (Å²) in [5, 5.41) is 0. The first-order valence-electron chi connectivity index (χ1n) is 4.70. The Bertz CT molecular complexity index is 540. The molecule has 88 valence electrons.